The number of hydrogen-bond donors (Lipinski definition) is 1. The number of hydrogen-bond acceptors (Lipinski definition) is 3. The first-order valence-electron chi connectivity index (χ1n) is 5.65. The molecule has 1 aliphatic rings. The molecule has 0 saturated carbocycles. The minimum atomic E-state index is -1.46. The maximum Gasteiger partial charge on any atom is 0.338 e. The van der Waals surface area contributed by atoms with Gasteiger partial charge in [0.15, 0.2) is 0 Å². The van der Waals surface area contributed by atoms with Crippen LogP contribution >= 0.6 is 0 Å². The molecule has 0 amide bonds. The highest BCUT2D eigenvalue weighted by molar-refractivity contribution is 5.88. The molecule has 0 unspecified atom stereocenters. The van der Waals surface area contributed by atoms with Crippen molar-refractivity contribution in [2.75, 3.05) is 38.1 Å². The topological polar surface area (TPSA) is 43.8 Å². The standard InChI is InChI=1S/C12H14F2N2O2/c1-15-2-4-16(5-3-15)11-7-9(13)8(12(17)18)6-10(11)14/h6-7H,2-5H2,1H3,(H,17,18). The monoisotopic (exact) mass is 256 g/mol. The lowest BCUT2D eigenvalue weighted by atomic mass is 10.1. The number of benzene rings is 1. The Kier molecular flexibility index (Phi) is 3.47. The van der Waals surface area contributed by atoms with E-state index in [1.54, 1.807) is 4.90 Å². The second-order valence-electron chi connectivity index (χ2n) is 4.38. The minimum Gasteiger partial charge on any atom is -0.478 e. The van der Waals surface area contributed by atoms with Gasteiger partial charge in [0.25, 0.3) is 0 Å². The van der Waals surface area contributed by atoms with Crippen LogP contribution in [0.2, 0.25) is 0 Å². The lowest BCUT2D eigenvalue weighted by molar-refractivity contribution is 0.0691. The summed E-state index contributed by atoms with van der Waals surface area (Å²) in [5, 5.41) is 8.70. The van der Waals surface area contributed by atoms with E-state index in [1.807, 2.05) is 7.05 Å². The Morgan fingerprint density at radius 1 is 1.17 bits per heavy atom. The molecule has 1 fully saturated rings. The summed E-state index contributed by atoms with van der Waals surface area (Å²) in [5.41, 5.74) is -0.504. The van der Waals surface area contributed by atoms with Crippen LogP contribution < -0.4 is 4.90 Å². The van der Waals surface area contributed by atoms with Gasteiger partial charge in [-0.25, -0.2) is 13.6 Å². The Labute approximate surface area is 103 Å². The number of nitrogens with zero attached hydrogens (tertiary/aromatic N) is 2. The average molecular weight is 256 g/mol. The van der Waals surface area contributed by atoms with Crippen molar-refractivity contribution in [2.45, 2.75) is 0 Å². The zero-order valence-electron chi connectivity index (χ0n) is 9.99. The third-order valence-electron chi connectivity index (χ3n) is 3.11. The molecule has 0 aliphatic carbocycles. The third kappa shape index (κ3) is 2.43. The Morgan fingerprint density at radius 3 is 2.33 bits per heavy atom. The Balaban J connectivity index is 2.29. The number of rotatable bonds is 2. The van der Waals surface area contributed by atoms with Crippen LogP contribution in [0.25, 0.3) is 0 Å². The SMILES string of the molecule is CN1CCN(c2cc(F)c(C(=O)O)cc2F)CC1. The number of likely N-dealkylation sites (N-methyl/N-ethyl adjacent to an activating group) is 1. The smallest absolute Gasteiger partial charge is 0.338 e. The molecule has 0 bridgehead atoms. The largest absolute Gasteiger partial charge is 0.478 e. The predicted octanol–water partition coefficient (Wildman–Crippen LogP) is 1.41. The van der Waals surface area contributed by atoms with Crippen LogP contribution in [-0.2, 0) is 0 Å². The van der Waals surface area contributed by atoms with Gasteiger partial charge in [-0.05, 0) is 13.1 Å². The average Bonchev–Trinajstić information content (AvgIpc) is 2.32. The van der Waals surface area contributed by atoms with Crippen molar-refractivity contribution < 1.29 is 18.7 Å². The predicted molar refractivity (Wildman–Crippen MR) is 63.0 cm³/mol. The highest BCUT2D eigenvalue weighted by atomic mass is 19.1. The Morgan fingerprint density at radius 2 is 1.78 bits per heavy atom. The van der Waals surface area contributed by atoms with E-state index >= 15 is 0 Å². The fourth-order valence-electron chi connectivity index (χ4n) is 1.99. The van der Waals surface area contributed by atoms with Crippen molar-refractivity contribution in [2.24, 2.45) is 0 Å². The molecule has 2 rings (SSSR count). The lowest BCUT2D eigenvalue weighted by Gasteiger charge is -2.34. The van der Waals surface area contributed by atoms with E-state index in [0.29, 0.717) is 13.1 Å². The summed E-state index contributed by atoms with van der Waals surface area (Å²) < 4.78 is 27.3. The Hall–Kier alpha value is -1.69. The molecule has 1 saturated heterocycles. The second kappa shape index (κ2) is 4.89. The van der Waals surface area contributed by atoms with E-state index in [2.05, 4.69) is 4.90 Å². The van der Waals surface area contributed by atoms with E-state index in [9.17, 15) is 13.6 Å². The van der Waals surface area contributed by atoms with Crippen LogP contribution in [0.5, 0.6) is 0 Å². The van der Waals surface area contributed by atoms with Crippen molar-refractivity contribution in [3.05, 3.63) is 29.3 Å². The van der Waals surface area contributed by atoms with E-state index in [0.717, 1.165) is 25.2 Å². The number of carboxylic acid groups (broad SMARTS) is 1. The molecule has 1 aliphatic heterocycles. The molecule has 0 spiro atoms. The fourth-order valence-corrected chi connectivity index (χ4v) is 1.99. The molecule has 1 aromatic rings. The van der Waals surface area contributed by atoms with Crippen LogP contribution in [0.1, 0.15) is 10.4 Å². The Bertz CT molecular complexity index is 471. The molecule has 6 heteroatoms. The van der Waals surface area contributed by atoms with Crippen molar-refractivity contribution in [1.82, 2.24) is 4.90 Å². The van der Waals surface area contributed by atoms with Crippen LogP contribution in [0.4, 0.5) is 14.5 Å². The van der Waals surface area contributed by atoms with Gasteiger partial charge >= 0.3 is 5.97 Å². The van der Waals surface area contributed by atoms with Crippen LogP contribution in [-0.4, -0.2) is 49.2 Å². The van der Waals surface area contributed by atoms with Gasteiger partial charge < -0.3 is 14.9 Å². The summed E-state index contributed by atoms with van der Waals surface area (Å²) in [6.07, 6.45) is 0. The van der Waals surface area contributed by atoms with Crippen LogP contribution in [0.15, 0.2) is 12.1 Å². The summed E-state index contributed by atoms with van der Waals surface area (Å²) in [5.74, 6) is -3.06. The zero-order valence-corrected chi connectivity index (χ0v) is 9.99. The van der Waals surface area contributed by atoms with Crippen molar-refractivity contribution in [3.63, 3.8) is 0 Å². The molecule has 1 N–H and O–H groups in total. The highest BCUT2D eigenvalue weighted by Crippen LogP contribution is 2.24. The lowest BCUT2D eigenvalue weighted by Crippen LogP contribution is -2.44. The van der Waals surface area contributed by atoms with E-state index in [4.69, 9.17) is 5.11 Å². The van der Waals surface area contributed by atoms with Gasteiger partial charge in [0.2, 0.25) is 0 Å². The fraction of sp³-hybridized carbons (Fsp3) is 0.417. The molecule has 18 heavy (non-hydrogen) atoms. The molecular formula is C12H14F2N2O2. The van der Waals surface area contributed by atoms with Gasteiger partial charge in [-0.2, -0.15) is 0 Å². The zero-order chi connectivity index (χ0) is 13.3. The maximum absolute atomic E-state index is 13.8. The third-order valence-corrected chi connectivity index (χ3v) is 3.11. The molecule has 0 radical (unpaired) electrons. The summed E-state index contributed by atoms with van der Waals surface area (Å²) in [6, 6.07) is 1.70. The summed E-state index contributed by atoms with van der Waals surface area (Å²) in [4.78, 5) is 14.5. The highest BCUT2D eigenvalue weighted by Gasteiger charge is 2.21. The number of carbonyl (C=O) groups is 1. The van der Waals surface area contributed by atoms with Gasteiger partial charge in [-0.15, -0.1) is 0 Å². The first kappa shape index (κ1) is 12.8. The first-order chi connectivity index (χ1) is 8.49. The number of carboxylic acids is 1. The van der Waals surface area contributed by atoms with E-state index in [1.165, 1.54) is 0 Å². The van der Waals surface area contributed by atoms with Crippen LogP contribution in [0, 0.1) is 11.6 Å². The first-order valence-corrected chi connectivity index (χ1v) is 5.65. The summed E-state index contributed by atoms with van der Waals surface area (Å²) >= 11 is 0. The summed E-state index contributed by atoms with van der Waals surface area (Å²) in [6.45, 7) is 2.72. The van der Waals surface area contributed by atoms with Gasteiger partial charge in [0.05, 0.1) is 11.3 Å². The molecular weight excluding hydrogens is 242 g/mol. The molecule has 98 valence electrons. The van der Waals surface area contributed by atoms with E-state index < -0.39 is 23.2 Å². The van der Waals surface area contributed by atoms with Gasteiger partial charge in [0.1, 0.15) is 11.6 Å². The molecule has 1 heterocycles. The molecule has 0 atom stereocenters. The van der Waals surface area contributed by atoms with Crippen molar-refractivity contribution in [1.29, 1.82) is 0 Å². The number of halogens is 2. The molecule has 0 aromatic heterocycles. The van der Waals surface area contributed by atoms with E-state index in [-0.39, 0.29) is 5.69 Å². The van der Waals surface area contributed by atoms with Crippen LogP contribution in [0.3, 0.4) is 0 Å². The van der Waals surface area contributed by atoms with Gasteiger partial charge in [-0.1, -0.05) is 0 Å². The van der Waals surface area contributed by atoms with Gasteiger partial charge in [-0.3, -0.25) is 0 Å². The quantitative estimate of drug-likeness (QED) is 0.869. The number of piperazine rings is 1. The summed E-state index contributed by atoms with van der Waals surface area (Å²) in [7, 11) is 1.96. The molecule has 4 nitrogen and oxygen atoms in total. The number of anilines is 1. The maximum atomic E-state index is 13.8. The van der Waals surface area contributed by atoms with Crippen molar-refractivity contribution >= 4 is 11.7 Å². The van der Waals surface area contributed by atoms with Crippen molar-refractivity contribution in [3.8, 4) is 0 Å². The minimum absolute atomic E-state index is 0.130. The number of aromatic carboxylic acids is 1. The van der Waals surface area contributed by atoms with Gasteiger partial charge in [0, 0.05) is 32.2 Å². The normalized spacial score (nSPS) is 16.9. The second-order valence-corrected chi connectivity index (χ2v) is 4.38. The molecule has 1 aromatic carbocycles.